The van der Waals surface area contributed by atoms with Gasteiger partial charge in [0.15, 0.2) is 5.76 Å². The van der Waals surface area contributed by atoms with E-state index >= 15 is 0 Å². The molecular formula is C24H28N4O3. The van der Waals surface area contributed by atoms with Crippen molar-refractivity contribution in [1.82, 2.24) is 20.4 Å². The van der Waals surface area contributed by atoms with Crippen molar-refractivity contribution in [3.63, 3.8) is 0 Å². The Morgan fingerprint density at radius 1 is 1.16 bits per heavy atom. The van der Waals surface area contributed by atoms with Gasteiger partial charge in [-0.25, -0.2) is 0 Å². The zero-order valence-electron chi connectivity index (χ0n) is 17.8. The maximum Gasteiger partial charge on any atom is 0.251 e. The molecule has 7 heteroatoms. The van der Waals surface area contributed by atoms with Crippen molar-refractivity contribution in [2.45, 2.75) is 45.4 Å². The molecule has 0 unspecified atom stereocenters. The van der Waals surface area contributed by atoms with Crippen LogP contribution in [0.15, 0.2) is 59.3 Å². The minimum Gasteiger partial charge on any atom is -0.490 e. The lowest BCUT2D eigenvalue weighted by Crippen LogP contribution is -2.37. The standard InChI is InChI=1S/C24H28N4O3/c1-2-19-15-23(31-27-19)16-26-24(29)18-6-8-21(9-7-18)30-22-10-13-28(14-11-22)17-20-5-3-4-12-25-20/h3-9,12,15,22H,2,10-11,13-14,16-17H2,1H3,(H,26,29). The summed E-state index contributed by atoms with van der Waals surface area (Å²) in [6.07, 6.45) is 4.80. The zero-order valence-corrected chi connectivity index (χ0v) is 17.8. The molecule has 1 N–H and O–H groups in total. The van der Waals surface area contributed by atoms with Gasteiger partial charge in [-0.3, -0.25) is 14.7 Å². The van der Waals surface area contributed by atoms with E-state index in [0.29, 0.717) is 17.9 Å². The van der Waals surface area contributed by atoms with E-state index in [1.54, 1.807) is 12.1 Å². The molecule has 4 rings (SSSR count). The first-order chi connectivity index (χ1) is 15.2. The molecule has 3 heterocycles. The number of amides is 1. The summed E-state index contributed by atoms with van der Waals surface area (Å²) in [6, 6.07) is 15.2. The Bertz CT molecular complexity index is 964. The van der Waals surface area contributed by atoms with Gasteiger partial charge < -0.3 is 14.6 Å². The van der Waals surface area contributed by atoms with Crippen LogP contribution in [0.4, 0.5) is 0 Å². The molecule has 1 amide bonds. The molecular weight excluding hydrogens is 392 g/mol. The highest BCUT2D eigenvalue weighted by Crippen LogP contribution is 2.20. The number of ether oxygens (including phenoxy) is 1. The molecule has 0 spiro atoms. The summed E-state index contributed by atoms with van der Waals surface area (Å²) in [4.78, 5) is 19.2. The molecule has 1 fully saturated rings. The van der Waals surface area contributed by atoms with Crippen molar-refractivity contribution >= 4 is 5.91 Å². The number of carbonyl (C=O) groups excluding carboxylic acids is 1. The average Bonchev–Trinajstić information content (AvgIpc) is 3.28. The van der Waals surface area contributed by atoms with Crippen molar-refractivity contribution in [3.05, 3.63) is 77.4 Å². The van der Waals surface area contributed by atoms with Gasteiger partial charge in [0.25, 0.3) is 5.91 Å². The fourth-order valence-corrected chi connectivity index (χ4v) is 3.66. The first-order valence-corrected chi connectivity index (χ1v) is 10.8. The Hall–Kier alpha value is -3.19. The molecule has 0 saturated carbocycles. The van der Waals surface area contributed by atoms with Crippen LogP contribution in [0.1, 0.15) is 47.3 Å². The summed E-state index contributed by atoms with van der Waals surface area (Å²) in [5, 5.41) is 6.78. The normalized spacial score (nSPS) is 15.0. The number of nitrogens with zero attached hydrogens (tertiary/aromatic N) is 3. The minimum absolute atomic E-state index is 0.149. The van der Waals surface area contributed by atoms with Crippen LogP contribution in [0.2, 0.25) is 0 Å². The average molecular weight is 421 g/mol. The Kier molecular flexibility index (Phi) is 6.94. The van der Waals surface area contributed by atoms with E-state index in [1.807, 2.05) is 43.5 Å². The van der Waals surface area contributed by atoms with Crippen LogP contribution in [0.25, 0.3) is 0 Å². The van der Waals surface area contributed by atoms with Crippen LogP contribution in [-0.2, 0) is 19.5 Å². The van der Waals surface area contributed by atoms with Gasteiger partial charge in [-0.15, -0.1) is 0 Å². The van der Waals surface area contributed by atoms with E-state index in [9.17, 15) is 4.79 Å². The topological polar surface area (TPSA) is 80.5 Å². The highest BCUT2D eigenvalue weighted by atomic mass is 16.5. The van der Waals surface area contributed by atoms with Crippen LogP contribution >= 0.6 is 0 Å². The number of piperidine rings is 1. The first kappa shape index (κ1) is 21.1. The number of aromatic nitrogens is 2. The van der Waals surface area contributed by atoms with E-state index in [0.717, 1.165) is 56.0 Å². The second kappa shape index (κ2) is 10.2. The van der Waals surface area contributed by atoms with Gasteiger partial charge in [0.2, 0.25) is 0 Å². The summed E-state index contributed by atoms with van der Waals surface area (Å²) >= 11 is 0. The number of aryl methyl sites for hydroxylation is 1. The second-order valence-electron chi connectivity index (χ2n) is 7.76. The van der Waals surface area contributed by atoms with Gasteiger partial charge in [0.05, 0.1) is 17.9 Å². The minimum atomic E-state index is -0.149. The molecule has 0 atom stereocenters. The molecule has 162 valence electrons. The van der Waals surface area contributed by atoms with Crippen molar-refractivity contribution in [2.24, 2.45) is 0 Å². The van der Waals surface area contributed by atoms with Gasteiger partial charge in [0.1, 0.15) is 11.9 Å². The maximum atomic E-state index is 12.4. The Morgan fingerprint density at radius 3 is 2.65 bits per heavy atom. The van der Waals surface area contributed by atoms with Gasteiger partial charge in [-0.2, -0.15) is 0 Å². The second-order valence-corrected chi connectivity index (χ2v) is 7.76. The van der Waals surface area contributed by atoms with Crippen LogP contribution in [0.5, 0.6) is 5.75 Å². The fraction of sp³-hybridized carbons (Fsp3) is 0.375. The lowest BCUT2D eigenvalue weighted by molar-refractivity contribution is 0.0944. The SMILES string of the molecule is CCc1cc(CNC(=O)c2ccc(OC3CCN(Cc4ccccn4)CC3)cc2)on1. The number of hydrogen-bond donors (Lipinski definition) is 1. The molecule has 2 aromatic heterocycles. The number of nitrogens with one attached hydrogen (secondary N) is 1. The monoisotopic (exact) mass is 420 g/mol. The number of pyridine rings is 1. The van der Waals surface area contributed by atoms with Gasteiger partial charge >= 0.3 is 0 Å². The predicted octanol–water partition coefficient (Wildman–Crippen LogP) is 3.61. The van der Waals surface area contributed by atoms with Crippen LogP contribution in [0, 0.1) is 0 Å². The van der Waals surface area contributed by atoms with E-state index in [-0.39, 0.29) is 12.0 Å². The summed E-state index contributed by atoms with van der Waals surface area (Å²) in [5.74, 6) is 1.30. The van der Waals surface area contributed by atoms with Gasteiger partial charge in [-0.1, -0.05) is 18.1 Å². The molecule has 1 saturated heterocycles. The highest BCUT2D eigenvalue weighted by Gasteiger charge is 2.21. The smallest absolute Gasteiger partial charge is 0.251 e. The van der Waals surface area contributed by atoms with E-state index in [1.165, 1.54) is 0 Å². The van der Waals surface area contributed by atoms with E-state index < -0.39 is 0 Å². The molecule has 1 aliphatic heterocycles. The molecule has 7 nitrogen and oxygen atoms in total. The zero-order chi connectivity index (χ0) is 21.5. The lowest BCUT2D eigenvalue weighted by Gasteiger charge is -2.31. The molecule has 1 aromatic carbocycles. The Balaban J connectivity index is 1.22. The van der Waals surface area contributed by atoms with Crippen molar-refractivity contribution in [1.29, 1.82) is 0 Å². The van der Waals surface area contributed by atoms with E-state index in [4.69, 9.17) is 9.26 Å². The number of likely N-dealkylation sites (tertiary alicyclic amines) is 1. The van der Waals surface area contributed by atoms with Gasteiger partial charge in [0, 0.05) is 37.5 Å². The molecule has 1 aliphatic rings. The third kappa shape index (κ3) is 5.92. The lowest BCUT2D eigenvalue weighted by atomic mass is 10.1. The molecule has 0 bridgehead atoms. The Labute approximate surface area is 182 Å². The molecule has 0 aliphatic carbocycles. The number of rotatable bonds is 8. The highest BCUT2D eigenvalue weighted by molar-refractivity contribution is 5.94. The number of hydrogen-bond acceptors (Lipinski definition) is 6. The van der Waals surface area contributed by atoms with E-state index in [2.05, 4.69) is 26.4 Å². The number of carbonyl (C=O) groups is 1. The van der Waals surface area contributed by atoms with Crippen LogP contribution < -0.4 is 10.1 Å². The summed E-state index contributed by atoms with van der Waals surface area (Å²) in [6.45, 7) is 5.19. The predicted molar refractivity (Wildman–Crippen MR) is 117 cm³/mol. The van der Waals surface area contributed by atoms with Crippen molar-refractivity contribution < 1.29 is 14.1 Å². The van der Waals surface area contributed by atoms with Crippen LogP contribution in [-0.4, -0.2) is 40.1 Å². The molecule has 0 radical (unpaired) electrons. The summed E-state index contributed by atoms with van der Waals surface area (Å²) in [5.41, 5.74) is 2.57. The number of benzene rings is 1. The van der Waals surface area contributed by atoms with Gasteiger partial charge in [-0.05, 0) is 55.7 Å². The van der Waals surface area contributed by atoms with Crippen molar-refractivity contribution in [2.75, 3.05) is 13.1 Å². The maximum absolute atomic E-state index is 12.4. The molecule has 3 aromatic rings. The summed E-state index contributed by atoms with van der Waals surface area (Å²) < 4.78 is 11.3. The third-order valence-electron chi connectivity index (χ3n) is 5.46. The third-order valence-corrected chi connectivity index (χ3v) is 5.46. The summed E-state index contributed by atoms with van der Waals surface area (Å²) in [7, 11) is 0. The Morgan fingerprint density at radius 2 is 1.97 bits per heavy atom. The van der Waals surface area contributed by atoms with Crippen molar-refractivity contribution in [3.8, 4) is 5.75 Å². The quantitative estimate of drug-likeness (QED) is 0.600. The fourth-order valence-electron chi connectivity index (χ4n) is 3.66. The van der Waals surface area contributed by atoms with Crippen LogP contribution in [0.3, 0.4) is 0 Å². The molecule has 31 heavy (non-hydrogen) atoms. The first-order valence-electron chi connectivity index (χ1n) is 10.8. The largest absolute Gasteiger partial charge is 0.490 e.